The van der Waals surface area contributed by atoms with Crippen LogP contribution in [0.25, 0.3) is 0 Å². The molecule has 2 rings (SSSR count). The summed E-state index contributed by atoms with van der Waals surface area (Å²) in [6.45, 7) is 3.64. The molecule has 1 aromatic heterocycles. The second kappa shape index (κ2) is 5.00. The molecule has 0 aliphatic rings. The van der Waals surface area contributed by atoms with Gasteiger partial charge in [-0.15, -0.1) is 0 Å². The lowest BCUT2D eigenvalue weighted by Crippen LogP contribution is -2.23. The van der Waals surface area contributed by atoms with Crippen molar-refractivity contribution in [2.24, 2.45) is 0 Å². The highest BCUT2D eigenvalue weighted by Crippen LogP contribution is 2.12. The first-order valence-corrected chi connectivity index (χ1v) is 5.53. The van der Waals surface area contributed by atoms with E-state index in [0.29, 0.717) is 22.6 Å². The van der Waals surface area contributed by atoms with E-state index in [9.17, 15) is 9.18 Å². The lowest BCUT2D eigenvalue weighted by atomic mass is 10.1. The summed E-state index contributed by atoms with van der Waals surface area (Å²) in [5, 5.41) is 6.42. The monoisotopic (exact) mass is 248 g/mol. The third kappa shape index (κ3) is 2.56. The minimum absolute atomic E-state index is 0.265. The quantitative estimate of drug-likeness (QED) is 0.907. The summed E-state index contributed by atoms with van der Waals surface area (Å²) < 4.78 is 17.9. The van der Waals surface area contributed by atoms with Gasteiger partial charge in [0.25, 0.3) is 5.91 Å². The van der Waals surface area contributed by atoms with E-state index < -0.39 is 0 Å². The normalized spacial score (nSPS) is 10.4. The molecule has 1 aromatic carbocycles. The van der Waals surface area contributed by atoms with Crippen LogP contribution >= 0.6 is 0 Å². The van der Waals surface area contributed by atoms with Gasteiger partial charge in [0.15, 0.2) is 0 Å². The number of amides is 1. The smallest absolute Gasteiger partial charge is 0.257 e. The van der Waals surface area contributed by atoms with Crippen molar-refractivity contribution in [2.45, 2.75) is 20.4 Å². The Labute approximate surface area is 104 Å². The Balaban J connectivity index is 2.05. The minimum Gasteiger partial charge on any atom is -0.361 e. The number of halogens is 1. The molecule has 0 aliphatic carbocycles. The fourth-order valence-corrected chi connectivity index (χ4v) is 1.72. The number of aromatic nitrogens is 1. The zero-order valence-corrected chi connectivity index (χ0v) is 10.2. The van der Waals surface area contributed by atoms with Crippen molar-refractivity contribution < 1.29 is 13.7 Å². The molecule has 1 N–H and O–H groups in total. The minimum atomic E-state index is -0.320. The molecular formula is C13H13FN2O2. The molecule has 18 heavy (non-hydrogen) atoms. The molecule has 0 aliphatic heterocycles. The van der Waals surface area contributed by atoms with E-state index in [2.05, 4.69) is 10.5 Å². The Hall–Kier alpha value is -2.17. The number of carbonyl (C=O) groups is 1. The van der Waals surface area contributed by atoms with Crippen LogP contribution in [0.5, 0.6) is 0 Å². The fraction of sp³-hybridized carbons (Fsp3) is 0.231. The number of aryl methyl sites for hydroxylation is 2. The Morgan fingerprint density at radius 1 is 1.44 bits per heavy atom. The average Bonchev–Trinajstić information content (AvgIpc) is 2.66. The molecule has 0 atom stereocenters. The van der Waals surface area contributed by atoms with Gasteiger partial charge < -0.3 is 9.84 Å². The zero-order valence-electron chi connectivity index (χ0n) is 10.2. The highest BCUT2D eigenvalue weighted by Gasteiger charge is 2.16. The molecule has 1 heterocycles. The van der Waals surface area contributed by atoms with Crippen LogP contribution in [0, 0.1) is 19.7 Å². The number of hydrogen-bond donors (Lipinski definition) is 1. The molecule has 2 aromatic rings. The third-order valence-corrected chi connectivity index (χ3v) is 2.60. The number of benzene rings is 1. The van der Waals surface area contributed by atoms with Gasteiger partial charge in [0.2, 0.25) is 0 Å². The van der Waals surface area contributed by atoms with E-state index >= 15 is 0 Å². The standard InChI is InChI=1S/C13H13FN2O2/c1-8-12(9(2)18-16-8)13(17)15-7-10-4-3-5-11(14)6-10/h3-6H,7H2,1-2H3,(H,15,17). The maximum absolute atomic E-state index is 13.0. The summed E-state index contributed by atoms with van der Waals surface area (Å²) >= 11 is 0. The topological polar surface area (TPSA) is 55.1 Å². The fourth-order valence-electron chi connectivity index (χ4n) is 1.72. The maximum atomic E-state index is 13.0. The second-order valence-corrected chi connectivity index (χ2v) is 4.01. The number of hydrogen-bond acceptors (Lipinski definition) is 3. The molecule has 0 fully saturated rings. The average molecular weight is 248 g/mol. The summed E-state index contributed by atoms with van der Waals surface area (Å²) in [6.07, 6.45) is 0. The summed E-state index contributed by atoms with van der Waals surface area (Å²) in [4.78, 5) is 11.9. The van der Waals surface area contributed by atoms with Gasteiger partial charge in [0, 0.05) is 6.54 Å². The van der Waals surface area contributed by atoms with Crippen LogP contribution in [0.2, 0.25) is 0 Å². The van der Waals surface area contributed by atoms with Gasteiger partial charge >= 0.3 is 0 Å². The molecule has 1 amide bonds. The Bertz CT molecular complexity index is 559. The molecule has 4 nitrogen and oxygen atoms in total. The predicted molar refractivity (Wildman–Crippen MR) is 63.5 cm³/mol. The summed E-state index contributed by atoms with van der Waals surface area (Å²) in [5.41, 5.74) is 1.69. The van der Waals surface area contributed by atoms with Gasteiger partial charge in [0.1, 0.15) is 17.1 Å². The van der Waals surface area contributed by atoms with Gasteiger partial charge in [-0.05, 0) is 31.5 Å². The Morgan fingerprint density at radius 3 is 2.83 bits per heavy atom. The van der Waals surface area contributed by atoms with Crippen LogP contribution < -0.4 is 5.32 Å². The number of nitrogens with zero attached hydrogens (tertiary/aromatic N) is 1. The first-order valence-electron chi connectivity index (χ1n) is 5.53. The van der Waals surface area contributed by atoms with Crippen LogP contribution in [0.1, 0.15) is 27.4 Å². The number of rotatable bonds is 3. The van der Waals surface area contributed by atoms with Crippen LogP contribution in [0.15, 0.2) is 28.8 Å². The predicted octanol–water partition coefficient (Wildman–Crippen LogP) is 2.36. The van der Waals surface area contributed by atoms with Crippen LogP contribution in [0.3, 0.4) is 0 Å². The largest absolute Gasteiger partial charge is 0.361 e. The van der Waals surface area contributed by atoms with Gasteiger partial charge in [0.05, 0.1) is 5.69 Å². The van der Waals surface area contributed by atoms with Gasteiger partial charge in [-0.3, -0.25) is 4.79 Å². The van der Waals surface area contributed by atoms with E-state index in [4.69, 9.17) is 4.52 Å². The summed E-state index contributed by atoms with van der Waals surface area (Å²) in [5.74, 6) is -0.112. The molecule has 94 valence electrons. The zero-order chi connectivity index (χ0) is 13.1. The molecule has 5 heteroatoms. The van der Waals surface area contributed by atoms with Crippen molar-refractivity contribution in [1.82, 2.24) is 10.5 Å². The summed E-state index contributed by atoms with van der Waals surface area (Å²) in [6, 6.07) is 6.09. The van der Waals surface area contributed by atoms with Crippen molar-refractivity contribution in [1.29, 1.82) is 0 Å². The molecule has 0 saturated carbocycles. The summed E-state index contributed by atoms with van der Waals surface area (Å²) in [7, 11) is 0. The molecule has 0 saturated heterocycles. The molecule has 0 bridgehead atoms. The van der Waals surface area contributed by atoms with Gasteiger partial charge in [-0.1, -0.05) is 17.3 Å². The number of nitrogens with one attached hydrogen (secondary N) is 1. The van der Waals surface area contributed by atoms with E-state index in [1.54, 1.807) is 26.0 Å². The van der Waals surface area contributed by atoms with Crippen molar-refractivity contribution in [3.63, 3.8) is 0 Å². The van der Waals surface area contributed by atoms with Gasteiger partial charge in [-0.25, -0.2) is 4.39 Å². The SMILES string of the molecule is Cc1noc(C)c1C(=O)NCc1cccc(F)c1. The number of carbonyl (C=O) groups excluding carboxylic acids is 1. The van der Waals surface area contributed by atoms with E-state index in [1.165, 1.54) is 12.1 Å². The first-order chi connectivity index (χ1) is 8.58. The Kier molecular flexibility index (Phi) is 3.41. The van der Waals surface area contributed by atoms with Crippen molar-refractivity contribution >= 4 is 5.91 Å². The van der Waals surface area contributed by atoms with Crippen LogP contribution in [-0.4, -0.2) is 11.1 Å². The molecule has 0 radical (unpaired) electrons. The molecule has 0 unspecified atom stereocenters. The van der Waals surface area contributed by atoms with Crippen molar-refractivity contribution in [3.8, 4) is 0 Å². The second-order valence-electron chi connectivity index (χ2n) is 4.01. The highest BCUT2D eigenvalue weighted by molar-refractivity contribution is 5.95. The first kappa shape index (κ1) is 12.3. The molecule has 0 spiro atoms. The highest BCUT2D eigenvalue weighted by atomic mass is 19.1. The Morgan fingerprint density at radius 2 is 2.22 bits per heavy atom. The third-order valence-electron chi connectivity index (χ3n) is 2.60. The van der Waals surface area contributed by atoms with E-state index in [0.717, 1.165) is 0 Å². The maximum Gasteiger partial charge on any atom is 0.257 e. The van der Waals surface area contributed by atoms with Crippen molar-refractivity contribution in [3.05, 3.63) is 52.7 Å². The lowest BCUT2D eigenvalue weighted by molar-refractivity contribution is 0.0949. The van der Waals surface area contributed by atoms with Crippen LogP contribution in [-0.2, 0) is 6.54 Å². The molecular weight excluding hydrogens is 235 g/mol. The van der Waals surface area contributed by atoms with Crippen LogP contribution in [0.4, 0.5) is 4.39 Å². The van der Waals surface area contributed by atoms with E-state index in [-0.39, 0.29) is 18.3 Å². The van der Waals surface area contributed by atoms with Gasteiger partial charge in [-0.2, -0.15) is 0 Å². The van der Waals surface area contributed by atoms with Crippen molar-refractivity contribution in [2.75, 3.05) is 0 Å². The lowest BCUT2D eigenvalue weighted by Gasteiger charge is -2.04. The van der Waals surface area contributed by atoms with E-state index in [1.807, 2.05) is 0 Å².